The number of phenolic OH excluding ortho intramolecular Hbond substituents is 1. The predicted octanol–water partition coefficient (Wildman–Crippen LogP) is 4.07. The lowest BCUT2D eigenvalue weighted by molar-refractivity contribution is -0.108. The van der Waals surface area contributed by atoms with Crippen LogP contribution >= 0.6 is 0 Å². The second kappa shape index (κ2) is 18.7. The van der Waals surface area contributed by atoms with Crippen LogP contribution in [-0.4, -0.2) is 80.8 Å². The molecule has 0 saturated heterocycles. The Morgan fingerprint density at radius 3 is 2.68 bits per heavy atom. The molecule has 9 N–H and O–H groups in total. The Balaban J connectivity index is 1.34. The highest BCUT2D eigenvalue weighted by molar-refractivity contribution is 5.42. The number of allylic oxidation sites excluding steroid dienone is 2. The lowest BCUT2D eigenvalue weighted by Crippen LogP contribution is -2.52. The quantitative estimate of drug-likeness (QED) is 0.136. The summed E-state index contributed by atoms with van der Waals surface area (Å²) in [6.07, 6.45) is 10.3. The molecule has 10 heteroatoms. The number of H-pyrrole nitrogens is 1. The normalized spacial score (nSPS) is 28.6. The summed E-state index contributed by atoms with van der Waals surface area (Å²) in [7, 11) is 0. The molecule has 1 saturated carbocycles. The third kappa shape index (κ3) is 10.1. The molecule has 50 heavy (non-hydrogen) atoms. The van der Waals surface area contributed by atoms with Crippen LogP contribution in [0.25, 0.3) is 0 Å². The van der Waals surface area contributed by atoms with Gasteiger partial charge in [0.15, 0.2) is 11.5 Å². The van der Waals surface area contributed by atoms with Gasteiger partial charge in [0.2, 0.25) is 0 Å². The van der Waals surface area contributed by atoms with E-state index in [1.165, 1.54) is 0 Å². The van der Waals surface area contributed by atoms with Crippen molar-refractivity contribution in [3.8, 4) is 23.3 Å². The number of aliphatic hydroxyl groups is 4. The van der Waals surface area contributed by atoms with Crippen LogP contribution < -0.4 is 15.8 Å². The average Bonchev–Trinajstić information content (AvgIpc) is 3.64. The van der Waals surface area contributed by atoms with Gasteiger partial charge in [0.05, 0.1) is 37.3 Å². The molecule has 0 spiro atoms. The third-order valence-corrected chi connectivity index (χ3v) is 10.8. The number of hydrogen-bond donors (Lipinski definition) is 8. The fraction of sp³-hybridized carbons (Fsp3) is 0.600. The summed E-state index contributed by atoms with van der Waals surface area (Å²) < 4.78 is 12.6. The average molecular weight is 692 g/mol. The van der Waals surface area contributed by atoms with Gasteiger partial charge in [-0.2, -0.15) is 0 Å². The first kappa shape index (κ1) is 37.8. The number of phenols is 1. The van der Waals surface area contributed by atoms with Crippen molar-refractivity contribution in [1.29, 1.82) is 0 Å². The van der Waals surface area contributed by atoms with Crippen molar-refractivity contribution >= 4 is 0 Å². The van der Waals surface area contributed by atoms with Crippen LogP contribution in [0.4, 0.5) is 0 Å². The summed E-state index contributed by atoms with van der Waals surface area (Å²) in [5.41, 5.74) is 9.13. The SMILES string of the molecule is CCC1C#CCC(C(O)CCc2ccc(O)c(OC3C(O)C(O)CCC3C(Cc3ccc[nH]3)C3=CCNC(N)=C3)c2)C(OCCO)CCCC1. The van der Waals surface area contributed by atoms with E-state index < -0.39 is 24.4 Å². The largest absolute Gasteiger partial charge is 0.504 e. The molecule has 2 aliphatic carbocycles. The highest BCUT2D eigenvalue weighted by atomic mass is 16.5. The van der Waals surface area contributed by atoms with Crippen LogP contribution in [0, 0.1) is 35.5 Å². The molecule has 9 unspecified atom stereocenters. The minimum atomic E-state index is -1.16. The van der Waals surface area contributed by atoms with E-state index in [1.54, 1.807) is 12.1 Å². The van der Waals surface area contributed by atoms with Crippen LogP contribution in [0.3, 0.4) is 0 Å². The van der Waals surface area contributed by atoms with Crippen LogP contribution in [0.15, 0.2) is 60.1 Å². The van der Waals surface area contributed by atoms with Gasteiger partial charge in [-0.05, 0) is 98.8 Å². The maximum atomic E-state index is 11.5. The molecule has 2 aromatic rings. The van der Waals surface area contributed by atoms with Gasteiger partial charge >= 0.3 is 0 Å². The molecule has 2 heterocycles. The minimum absolute atomic E-state index is 0.0583. The number of nitrogens with two attached hydrogens (primary N) is 1. The summed E-state index contributed by atoms with van der Waals surface area (Å²) in [4.78, 5) is 3.30. The molecule has 1 aromatic heterocycles. The Kier molecular flexibility index (Phi) is 14.1. The number of aromatic hydroxyl groups is 1. The maximum Gasteiger partial charge on any atom is 0.161 e. The number of benzene rings is 1. The molecule has 274 valence electrons. The Labute approximate surface area is 296 Å². The van der Waals surface area contributed by atoms with Gasteiger partial charge in [-0.3, -0.25) is 0 Å². The number of nitrogens with one attached hydrogen (secondary N) is 2. The molecule has 10 nitrogen and oxygen atoms in total. The topological polar surface area (TPSA) is 173 Å². The van der Waals surface area contributed by atoms with Crippen molar-refractivity contribution in [2.24, 2.45) is 29.4 Å². The zero-order valence-electron chi connectivity index (χ0n) is 29.3. The molecule has 1 fully saturated rings. The van der Waals surface area contributed by atoms with E-state index in [1.807, 2.05) is 30.5 Å². The Bertz CT molecular complexity index is 1460. The van der Waals surface area contributed by atoms with Gasteiger partial charge in [-0.15, -0.1) is 5.92 Å². The summed E-state index contributed by atoms with van der Waals surface area (Å²) in [6.45, 7) is 2.92. The molecule has 5 rings (SSSR count). The second-order valence-electron chi connectivity index (χ2n) is 14.2. The molecular formula is C40H57N3O7. The van der Waals surface area contributed by atoms with Crippen molar-refractivity contribution in [1.82, 2.24) is 10.3 Å². The van der Waals surface area contributed by atoms with Gasteiger partial charge in [-0.25, -0.2) is 0 Å². The molecule has 3 aliphatic rings. The fourth-order valence-electron chi connectivity index (χ4n) is 7.90. The molecule has 0 radical (unpaired) electrons. The van der Waals surface area contributed by atoms with Gasteiger partial charge in [0.25, 0.3) is 0 Å². The van der Waals surface area contributed by atoms with Crippen LogP contribution in [0.1, 0.15) is 76.0 Å². The highest BCUT2D eigenvalue weighted by Crippen LogP contribution is 2.41. The molecular weight excluding hydrogens is 634 g/mol. The van der Waals surface area contributed by atoms with E-state index in [0.29, 0.717) is 56.8 Å². The second-order valence-corrected chi connectivity index (χ2v) is 14.2. The number of aryl methyl sites for hydroxylation is 1. The van der Waals surface area contributed by atoms with Crippen LogP contribution in [0.2, 0.25) is 0 Å². The van der Waals surface area contributed by atoms with E-state index in [4.69, 9.17) is 15.2 Å². The Hall–Kier alpha value is -3.46. The molecule has 0 amide bonds. The van der Waals surface area contributed by atoms with Gasteiger partial charge < -0.3 is 51.0 Å². The number of ether oxygens (including phenoxy) is 2. The van der Waals surface area contributed by atoms with Crippen molar-refractivity contribution in [3.63, 3.8) is 0 Å². The summed E-state index contributed by atoms with van der Waals surface area (Å²) in [5.74, 6) is 7.42. The molecule has 9 atom stereocenters. The third-order valence-electron chi connectivity index (χ3n) is 10.8. The fourth-order valence-corrected chi connectivity index (χ4v) is 7.90. The minimum Gasteiger partial charge on any atom is -0.504 e. The number of dihydropyridines is 1. The van der Waals surface area contributed by atoms with Crippen molar-refractivity contribution in [2.45, 2.75) is 108 Å². The van der Waals surface area contributed by atoms with Crippen molar-refractivity contribution in [3.05, 3.63) is 71.3 Å². The lowest BCUT2D eigenvalue weighted by Gasteiger charge is -2.42. The van der Waals surface area contributed by atoms with E-state index in [2.05, 4.69) is 35.1 Å². The number of aromatic nitrogens is 1. The Morgan fingerprint density at radius 2 is 1.92 bits per heavy atom. The summed E-state index contributed by atoms with van der Waals surface area (Å²) in [6, 6.07) is 9.16. The van der Waals surface area contributed by atoms with Gasteiger partial charge in [0.1, 0.15) is 12.2 Å². The molecule has 1 aromatic carbocycles. The van der Waals surface area contributed by atoms with Crippen molar-refractivity contribution < 1.29 is 35.0 Å². The highest BCUT2D eigenvalue weighted by Gasteiger charge is 2.44. The van der Waals surface area contributed by atoms with E-state index in [9.17, 15) is 25.5 Å². The van der Waals surface area contributed by atoms with Crippen LogP contribution in [0.5, 0.6) is 11.5 Å². The summed E-state index contributed by atoms with van der Waals surface area (Å²) in [5, 5.41) is 57.2. The first-order chi connectivity index (χ1) is 24.3. The predicted molar refractivity (Wildman–Crippen MR) is 193 cm³/mol. The number of hydrogen-bond acceptors (Lipinski definition) is 9. The number of rotatable bonds is 14. The summed E-state index contributed by atoms with van der Waals surface area (Å²) >= 11 is 0. The maximum absolute atomic E-state index is 11.5. The van der Waals surface area contributed by atoms with Gasteiger partial charge in [0, 0.05) is 42.6 Å². The Morgan fingerprint density at radius 1 is 1.08 bits per heavy atom. The monoisotopic (exact) mass is 691 g/mol. The van der Waals surface area contributed by atoms with E-state index in [-0.39, 0.29) is 48.6 Å². The standard InChI is InChI=1S/C40H57N3O7/c1-2-26-7-3-4-11-36(49-22-21-44)31(10-5-8-26)33(45)15-12-27-13-16-34(46)37(23-27)50-40-30(14-17-35(47)39(40)48)32(25-29-9-6-19-42-29)28-18-20-43-38(41)24-28/h6,9,13,16,18-19,23-24,26,30-33,35-36,39-40,42-48H,2-4,7,10-12,14-15,17,20-22,25,41H2,1H3. The number of aromatic amines is 1. The smallest absolute Gasteiger partial charge is 0.161 e. The molecule has 0 bridgehead atoms. The zero-order chi connectivity index (χ0) is 35.5. The van der Waals surface area contributed by atoms with Crippen molar-refractivity contribution in [2.75, 3.05) is 19.8 Å². The van der Waals surface area contributed by atoms with Crippen LogP contribution in [-0.2, 0) is 17.6 Å². The number of aliphatic hydroxyl groups excluding tert-OH is 4. The van der Waals surface area contributed by atoms with E-state index >= 15 is 0 Å². The van der Waals surface area contributed by atoms with E-state index in [0.717, 1.165) is 48.9 Å². The zero-order valence-corrected chi connectivity index (χ0v) is 29.3. The first-order valence-electron chi connectivity index (χ1n) is 18.5. The lowest BCUT2D eigenvalue weighted by atomic mass is 9.70. The van der Waals surface area contributed by atoms with Gasteiger partial charge in [-0.1, -0.05) is 37.8 Å². The molecule has 1 aliphatic heterocycles. The first-order valence-corrected chi connectivity index (χ1v) is 18.5.